The molecule has 0 amide bonds. The number of methoxy groups -OCH3 is 1. The number of hydrogen-bond acceptors (Lipinski definition) is 6. The Morgan fingerprint density at radius 3 is 3.00 bits per heavy atom. The van der Waals surface area contributed by atoms with Crippen molar-refractivity contribution in [3.63, 3.8) is 0 Å². The summed E-state index contributed by atoms with van der Waals surface area (Å²) in [5.41, 5.74) is 0. The molecule has 1 aliphatic rings. The first-order valence-electron chi connectivity index (χ1n) is 4.79. The molecule has 0 aromatic rings. The molecule has 1 heterocycles. The van der Waals surface area contributed by atoms with E-state index >= 15 is 0 Å². The van der Waals surface area contributed by atoms with Crippen molar-refractivity contribution in [3.8, 4) is 0 Å². The van der Waals surface area contributed by atoms with E-state index in [1.54, 1.807) is 11.9 Å². The lowest BCUT2D eigenvalue weighted by Crippen LogP contribution is -2.59. The summed E-state index contributed by atoms with van der Waals surface area (Å²) in [6, 6.07) is 0. The van der Waals surface area contributed by atoms with Gasteiger partial charge in [0, 0.05) is 0 Å². The molecule has 15 heavy (non-hydrogen) atoms. The van der Waals surface area contributed by atoms with Gasteiger partial charge in [-0.2, -0.15) is 5.21 Å². The Balaban J connectivity index is 2.60. The summed E-state index contributed by atoms with van der Waals surface area (Å²) in [4.78, 5) is 11.2. The number of carbonyl (C=O) groups excluding carboxylic acids is 1. The monoisotopic (exact) mass is 237 g/mol. The lowest BCUT2D eigenvalue weighted by Gasteiger charge is -2.37. The van der Waals surface area contributed by atoms with Gasteiger partial charge in [0.05, 0.1) is 26.8 Å². The van der Waals surface area contributed by atoms with Gasteiger partial charge in [-0.3, -0.25) is 0 Å². The number of ether oxygens (including phenoxy) is 2. The molecule has 1 aliphatic heterocycles. The second-order valence-corrected chi connectivity index (χ2v) is 3.94. The minimum absolute atomic E-state index is 0.278. The van der Waals surface area contributed by atoms with Gasteiger partial charge in [0.2, 0.25) is 0 Å². The molecule has 1 fully saturated rings. The van der Waals surface area contributed by atoms with E-state index in [9.17, 15) is 10.0 Å². The van der Waals surface area contributed by atoms with E-state index in [0.29, 0.717) is 19.7 Å². The highest BCUT2D eigenvalue weighted by Gasteiger charge is 2.38. The molecule has 0 bridgehead atoms. The number of morpholine rings is 1. The number of hydroxylamine groups is 1. The Morgan fingerprint density at radius 2 is 2.47 bits per heavy atom. The van der Waals surface area contributed by atoms with Crippen LogP contribution in [0.4, 0.5) is 0 Å². The first-order chi connectivity index (χ1) is 7.01. The molecule has 1 N–H and O–H groups in total. The van der Waals surface area contributed by atoms with Crippen LogP contribution in [-0.4, -0.2) is 59.8 Å². The van der Waals surface area contributed by atoms with Gasteiger partial charge in [0.15, 0.2) is 6.10 Å². The maximum Gasteiger partial charge on any atom is 0.336 e. The number of carbonyl (C=O) groups is 1. The van der Waals surface area contributed by atoms with Crippen LogP contribution in [0.15, 0.2) is 0 Å². The molecule has 7 heteroatoms. The number of esters is 1. The van der Waals surface area contributed by atoms with Crippen molar-refractivity contribution in [2.24, 2.45) is 0 Å². The van der Waals surface area contributed by atoms with Gasteiger partial charge in [0.1, 0.15) is 19.4 Å². The maximum absolute atomic E-state index is 11.2. The van der Waals surface area contributed by atoms with E-state index in [4.69, 9.17) is 4.74 Å². The second-order valence-electron chi connectivity index (χ2n) is 3.30. The summed E-state index contributed by atoms with van der Waals surface area (Å²) in [5, 5.41) is 11.5. The first-order valence-corrected chi connectivity index (χ1v) is 5.19. The molecule has 0 radical (unpaired) electrons. The van der Waals surface area contributed by atoms with Crippen molar-refractivity contribution in [2.45, 2.75) is 13.0 Å². The van der Waals surface area contributed by atoms with Crippen LogP contribution >= 0.6 is 12.8 Å². The Kier molecular flexibility index (Phi) is 4.35. The predicted molar refractivity (Wildman–Crippen MR) is 54.9 cm³/mol. The van der Waals surface area contributed by atoms with Crippen LogP contribution in [0.5, 0.6) is 0 Å². The van der Waals surface area contributed by atoms with Gasteiger partial charge in [-0.1, -0.05) is 0 Å². The molecule has 0 aromatic heterocycles. The number of thiol groups is 1. The molecule has 1 saturated heterocycles. The fourth-order valence-corrected chi connectivity index (χ4v) is 1.56. The van der Waals surface area contributed by atoms with Crippen LogP contribution in [0.1, 0.15) is 6.92 Å². The summed E-state index contributed by atoms with van der Waals surface area (Å²) in [6.45, 7) is 3.40. The van der Waals surface area contributed by atoms with Gasteiger partial charge < -0.3 is 9.47 Å². The van der Waals surface area contributed by atoms with Crippen LogP contribution < -0.4 is 0 Å². The van der Waals surface area contributed by atoms with Crippen molar-refractivity contribution in [2.75, 3.05) is 33.4 Å². The molecule has 0 aliphatic carbocycles. The van der Waals surface area contributed by atoms with E-state index in [0.717, 1.165) is 0 Å². The largest absolute Gasteiger partial charge is 0.467 e. The molecule has 0 aromatic carbocycles. The average Bonchev–Trinajstić information content (AvgIpc) is 2.28. The predicted octanol–water partition coefficient (Wildman–Crippen LogP) is -0.154. The van der Waals surface area contributed by atoms with Crippen molar-refractivity contribution >= 4 is 18.8 Å². The summed E-state index contributed by atoms with van der Waals surface area (Å²) >= 11 is 4.08. The third kappa shape index (κ3) is 3.05. The van der Waals surface area contributed by atoms with Crippen LogP contribution in [0.3, 0.4) is 0 Å². The fourth-order valence-electron chi connectivity index (χ4n) is 1.40. The van der Waals surface area contributed by atoms with E-state index in [1.807, 2.05) is 0 Å². The number of quaternary nitrogens is 1. The van der Waals surface area contributed by atoms with Crippen molar-refractivity contribution in [3.05, 3.63) is 0 Å². The quantitative estimate of drug-likeness (QED) is 0.309. The van der Waals surface area contributed by atoms with Crippen LogP contribution in [0.25, 0.3) is 0 Å². The maximum atomic E-state index is 11.2. The van der Waals surface area contributed by atoms with E-state index < -0.39 is 16.2 Å². The number of hydrogen-bond donors (Lipinski definition) is 2. The third-order valence-corrected chi connectivity index (χ3v) is 2.92. The van der Waals surface area contributed by atoms with Crippen molar-refractivity contribution in [1.29, 1.82) is 0 Å². The zero-order valence-electron chi connectivity index (χ0n) is 8.92. The third-order valence-electron chi connectivity index (χ3n) is 2.39. The Morgan fingerprint density at radius 1 is 1.80 bits per heavy atom. The van der Waals surface area contributed by atoms with Crippen molar-refractivity contribution < 1.29 is 23.6 Å². The first kappa shape index (κ1) is 12.7. The fraction of sp³-hybridized carbons (Fsp3) is 0.875. The Bertz CT molecular complexity index is 237. The topological polar surface area (TPSA) is 59.0 Å². The lowest BCUT2D eigenvalue weighted by molar-refractivity contribution is -1.08. The molecular formula is C8H17N2O4S+. The number of rotatable bonds is 3. The lowest BCUT2D eigenvalue weighted by atomic mass is 10.3. The van der Waals surface area contributed by atoms with Gasteiger partial charge in [0.25, 0.3) is 0 Å². The molecule has 2 atom stereocenters. The Labute approximate surface area is 94.4 Å². The zero-order valence-corrected chi connectivity index (χ0v) is 9.81. The highest BCUT2D eigenvalue weighted by Crippen LogP contribution is 2.17. The van der Waals surface area contributed by atoms with Gasteiger partial charge >= 0.3 is 5.97 Å². The smallest absolute Gasteiger partial charge is 0.336 e. The van der Waals surface area contributed by atoms with E-state index in [1.165, 1.54) is 7.11 Å². The van der Waals surface area contributed by atoms with E-state index in [-0.39, 0.29) is 6.54 Å². The molecule has 2 unspecified atom stereocenters. The van der Waals surface area contributed by atoms with Gasteiger partial charge in [-0.15, -0.1) is 5.01 Å². The summed E-state index contributed by atoms with van der Waals surface area (Å²) in [5.74, 6) is -0.427. The average molecular weight is 237 g/mol. The standard InChI is InChI=1S/C8H17N2O4S/c1-3-10(12,15)9-4-5-14-7(6-9)8(11)13-2/h7,12,15H,3-6H2,1-2H3/q+1. The summed E-state index contributed by atoms with van der Waals surface area (Å²) in [7, 11) is 1.31. The zero-order chi connectivity index (χ0) is 11.5. The number of nitrogens with zero attached hydrogens (tertiary/aromatic N) is 2. The molecular weight excluding hydrogens is 220 g/mol. The molecule has 6 nitrogen and oxygen atoms in total. The summed E-state index contributed by atoms with van der Waals surface area (Å²) < 4.78 is 9.28. The van der Waals surface area contributed by atoms with Crippen LogP contribution in [0, 0.1) is 0 Å². The normalized spacial score (nSPS) is 27.1. The Hall–Kier alpha value is -0.340. The SMILES string of the molecule is CC[N+](O)(S)N1CCOC(C(=O)OC)C1. The minimum Gasteiger partial charge on any atom is -0.467 e. The van der Waals surface area contributed by atoms with Crippen LogP contribution in [0.2, 0.25) is 0 Å². The molecule has 88 valence electrons. The van der Waals surface area contributed by atoms with Crippen molar-refractivity contribution in [1.82, 2.24) is 5.01 Å². The van der Waals surface area contributed by atoms with Gasteiger partial charge in [-0.25, -0.2) is 4.79 Å². The molecule has 0 spiro atoms. The molecule has 1 rings (SSSR count). The van der Waals surface area contributed by atoms with Gasteiger partial charge in [-0.05, 0) is 11.1 Å². The highest BCUT2D eigenvalue weighted by atomic mass is 32.1. The van der Waals surface area contributed by atoms with Crippen LogP contribution in [-0.2, 0) is 14.3 Å². The molecule has 0 saturated carbocycles. The van der Waals surface area contributed by atoms with E-state index in [2.05, 4.69) is 17.6 Å². The minimum atomic E-state index is -0.646. The highest BCUT2D eigenvalue weighted by molar-refractivity contribution is 7.74. The summed E-state index contributed by atoms with van der Waals surface area (Å²) in [6.07, 6.45) is -0.646. The second kappa shape index (κ2) is 5.13.